The quantitative estimate of drug-likeness (QED) is 0.358. The van der Waals surface area contributed by atoms with Crippen LogP contribution in [0.15, 0.2) is 67.0 Å². The van der Waals surface area contributed by atoms with Gasteiger partial charge in [-0.2, -0.15) is 0 Å². The second kappa shape index (κ2) is 7.16. The van der Waals surface area contributed by atoms with E-state index in [4.69, 9.17) is 4.74 Å². The maximum atomic E-state index is 12.4. The Balaban J connectivity index is 1.37. The third-order valence-corrected chi connectivity index (χ3v) is 6.15. The van der Waals surface area contributed by atoms with Gasteiger partial charge in [-0.1, -0.05) is 18.2 Å². The third-order valence-electron chi connectivity index (χ3n) is 6.15. The minimum absolute atomic E-state index is 0.110. The molecule has 0 unspecified atom stereocenters. The van der Waals surface area contributed by atoms with Gasteiger partial charge in [0.15, 0.2) is 0 Å². The molecule has 158 valence electrons. The summed E-state index contributed by atoms with van der Waals surface area (Å²) in [4.78, 5) is 27.7. The second-order valence-electron chi connectivity index (χ2n) is 8.21. The highest BCUT2D eigenvalue weighted by Gasteiger charge is 2.53. The number of nitrogens with zero attached hydrogens (tertiary/aromatic N) is 4. The number of hydrogen-bond acceptors (Lipinski definition) is 6. The highest BCUT2D eigenvalue weighted by Crippen LogP contribution is 2.47. The van der Waals surface area contributed by atoms with Crippen molar-refractivity contribution in [3.8, 4) is 5.69 Å². The average Bonchev–Trinajstić information content (AvgIpc) is 3.25. The predicted molar refractivity (Wildman–Crippen MR) is 117 cm³/mol. The van der Waals surface area contributed by atoms with Crippen LogP contribution in [0.5, 0.6) is 0 Å². The van der Waals surface area contributed by atoms with Crippen molar-refractivity contribution in [1.82, 2.24) is 4.57 Å². The van der Waals surface area contributed by atoms with Crippen LogP contribution in [-0.2, 0) is 4.74 Å². The van der Waals surface area contributed by atoms with Crippen molar-refractivity contribution < 1.29 is 14.5 Å². The van der Waals surface area contributed by atoms with E-state index in [2.05, 4.69) is 9.80 Å². The Bertz CT molecular complexity index is 1140. The van der Waals surface area contributed by atoms with E-state index in [0.717, 1.165) is 37.6 Å². The average molecular weight is 418 g/mol. The molecule has 8 heteroatoms. The number of hydrogen-bond donors (Lipinski definition) is 0. The van der Waals surface area contributed by atoms with E-state index in [9.17, 15) is 14.9 Å². The number of aromatic nitrogens is 1. The number of nitro groups is 1. The van der Waals surface area contributed by atoms with Crippen molar-refractivity contribution in [2.75, 3.05) is 43.1 Å². The van der Waals surface area contributed by atoms with Gasteiger partial charge >= 0.3 is 5.97 Å². The normalized spacial score (nSPS) is 16.5. The fourth-order valence-corrected chi connectivity index (χ4v) is 4.77. The number of carbonyl (C=O) groups excluding carboxylic acids is 1. The van der Waals surface area contributed by atoms with Gasteiger partial charge in [-0.3, -0.25) is 10.1 Å². The van der Waals surface area contributed by atoms with Gasteiger partial charge in [0, 0.05) is 50.1 Å². The van der Waals surface area contributed by atoms with Gasteiger partial charge in [0.25, 0.3) is 5.69 Å². The van der Waals surface area contributed by atoms with Crippen LogP contribution in [0.1, 0.15) is 10.4 Å². The van der Waals surface area contributed by atoms with Gasteiger partial charge < -0.3 is 19.1 Å². The van der Waals surface area contributed by atoms with E-state index in [1.807, 2.05) is 53.4 Å². The first-order valence-corrected chi connectivity index (χ1v) is 10.1. The summed E-state index contributed by atoms with van der Waals surface area (Å²) in [6.45, 7) is 3.24. The zero-order chi connectivity index (χ0) is 21.6. The molecule has 8 nitrogen and oxygen atoms in total. The Morgan fingerprint density at radius 1 is 0.935 bits per heavy atom. The zero-order valence-corrected chi connectivity index (χ0v) is 17.1. The molecule has 1 spiro atoms. The second-order valence-corrected chi connectivity index (χ2v) is 8.21. The summed E-state index contributed by atoms with van der Waals surface area (Å²) in [5, 5.41) is 11.3. The monoisotopic (exact) mass is 418 g/mol. The highest BCUT2D eigenvalue weighted by atomic mass is 16.6. The Kier molecular flexibility index (Phi) is 4.43. The molecule has 0 N–H and O–H groups in total. The predicted octanol–water partition coefficient (Wildman–Crippen LogP) is 3.50. The molecule has 2 saturated heterocycles. The molecule has 2 aliphatic rings. The number of benzene rings is 2. The Morgan fingerprint density at radius 3 is 2.19 bits per heavy atom. The SMILES string of the molecule is COC(=O)c1cccc(N2CC3(CN(c4ccccc4[N+](=O)[O-])C3)C2)c1-n1cccc1. The molecule has 1 aromatic heterocycles. The number of rotatable bonds is 5. The number of esters is 1. The van der Waals surface area contributed by atoms with Crippen LogP contribution in [0.2, 0.25) is 0 Å². The van der Waals surface area contributed by atoms with Crippen molar-refractivity contribution >= 4 is 23.0 Å². The first-order chi connectivity index (χ1) is 15.0. The van der Waals surface area contributed by atoms with Crippen LogP contribution in [0.3, 0.4) is 0 Å². The summed E-state index contributed by atoms with van der Waals surface area (Å²) in [6, 6.07) is 16.4. The van der Waals surface area contributed by atoms with Crippen LogP contribution in [0.4, 0.5) is 17.1 Å². The van der Waals surface area contributed by atoms with Gasteiger partial charge in [0.2, 0.25) is 0 Å². The lowest BCUT2D eigenvalue weighted by Gasteiger charge is -2.61. The fourth-order valence-electron chi connectivity index (χ4n) is 4.77. The Hall–Kier alpha value is -3.81. The standard InChI is InChI=1S/C23H22N4O4/c1-31-22(28)17-7-6-10-20(21(17)24-11-4-5-12-24)26-15-23(16-26)13-25(14-23)18-8-2-3-9-19(18)27(29)30/h2-12H,13-16H2,1H3. The summed E-state index contributed by atoms with van der Waals surface area (Å²) >= 11 is 0. The molecule has 5 rings (SSSR count). The van der Waals surface area contributed by atoms with Crippen molar-refractivity contribution in [3.05, 3.63) is 82.7 Å². The topological polar surface area (TPSA) is 80.8 Å². The molecule has 2 fully saturated rings. The molecule has 0 atom stereocenters. The molecule has 3 heterocycles. The summed E-state index contributed by atoms with van der Waals surface area (Å²) in [5.41, 5.74) is 3.25. The van der Waals surface area contributed by atoms with Gasteiger partial charge in [0.05, 0.1) is 29.0 Å². The molecule has 0 amide bonds. The minimum Gasteiger partial charge on any atom is -0.465 e. The number of nitro benzene ring substituents is 1. The molecular formula is C23H22N4O4. The highest BCUT2D eigenvalue weighted by molar-refractivity contribution is 5.96. The van der Waals surface area contributed by atoms with E-state index >= 15 is 0 Å². The number of anilines is 2. The minimum atomic E-state index is -0.369. The fraction of sp³-hybridized carbons (Fsp3) is 0.261. The summed E-state index contributed by atoms with van der Waals surface area (Å²) < 4.78 is 6.93. The third kappa shape index (κ3) is 3.11. The molecule has 0 saturated carbocycles. The number of methoxy groups -OCH3 is 1. The molecular weight excluding hydrogens is 396 g/mol. The summed E-state index contributed by atoms with van der Waals surface area (Å²) in [5.74, 6) is -0.369. The molecule has 0 bridgehead atoms. The molecule has 31 heavy (non-hydrogen) atoms. The van der Waals surface area contributed by atoms with Gasteiger partial charge in [-0.15, -0.1) is 0 Å². The lowest BCUT2D eigenvalue weighted by molar-refractivity contribution is -0.384. The molecule has 3 aromatic rings. The summed E-state index contributed by atoms with van der Waals surface area (Å²) in [7, 11) is 1.39. The smallest absolute Gasteiger partial charge is 0.340 e. The van der Waals surface area contributed by atoms with Crippen molar-refractivity contribution in [3.63, 3.8) is 0 Å². The van der Waals surface area contributed by atoms with Crippen LogP contribution in [-0.4, -0.2) is 48.7 Å². The number of para-hydroxylation sites is 3. The van der Waals surface area contributed by atoms with Gasteiger partial charge in [-0.05, 0) is 30.3 Å². The zero-order valence-electron chi connectivity index (χ0n) is 17.1. The van der Waals surface area contributed by atoms with Crippen molar-refractivity contribution in [2.45, 2.75) is 0 Å². The maximum Gasteiger partial charge on any atom is 0.340 e. The van der Waals surface area contributed by atoms with E-state index < -0.39 is 0 Å². The Labute approximate surface area is 179 Å². The van der Waals surface area contributed by atoms with Crippen LogP contribution in [0, 0.1) is 15.5 Å². The van der Waals surface area contributed by atoms with E-state index in [1.165, 1.54) is 7.11 Å². The summed E-state index contributed by atoms with van der Waals surface area (Å²) in [6.07, 6.45) is 3.83. The molecule has 0 aliphatic carbocycles. The van der Waals surface area contributed by atoms with E-state index in [-0.39, 0.29) is 22.0 Å². The number of ether oxygens (including phenoxy) is 1. The largest absolute Gasteiger partial charge is 0.465 e. The van der Waals surface area contributed by atoms with Crippen molar-refractivity contribution in [1.29, 1.82) is 0 Å². The first-order valence-electron chi connectivity index (χ1n) is 10.1. The number of carbonyl (C=O) groups is 1. The Morgan fingerprint density at radius 2 is 1.55 bits per heavy atom. The lowest BCUT2D eigenvalue weighted by atomic mass is 9.72. The van der Waals surface area contributed by atoms with Crippen molar-refractivity contribution in [2.24, 2.45) is 5.41 Å². The lowest BCUT2D eigenvalue weighted by Crippen LogP contribution is -2.72. The van der Waals surface area contributed by atoms with Gasteiger partial charge in [-0.25, -0.2) is 4.79 Å². The molecule has 2 aliphatic heterocycles. The first kappa shape index (κ1) is 19.2. The van der Waals surface area contributed by atoms with E-state index in [0.29, 0.717) is 11.3 Å². The maximum absolute atomic E-state index is 12.4. The van der Waals surface area contributed by atoms with Gasteiger partial charge in [0.1, 0.15) is 5.69 Å². The van der Waals surface area contributed by atoms with Crippen LogP contribution in [0.25, 0.3) is 5.69 Å². The molecule has 2 aromatic carbocycles. The molecule has 0 radical (unpaired) electrons. The van der Waals surface area contributed by atoms with E-state index in [1.54, 1.807) is 18.2 Å². The van der Waals surface area contributed by atoms with Crippen LogP contribution < -0.4 is 9.80 Å². The van der Waals surface area contributed by atoms with Crippen LogP contribution >= 0.6 is 0 Å².